The number of hydrogen-bond acceptors (Lipinski definition) is 3. The summed E-state index contributed by atoms with van der Waals surface area (Å²) in [6, 6.07) is 4.70. The lowest BCUT2D eigenvalue weighted by Gasteiger charge is -2.03. The minimum absolute atomic E-state index is 0.108. The quantitative estimate of drug-likeness (QED) is 0.354. The SMILES string of the molecule is O=[N+]([O-])c1ccc(OCCBr)cc1I. The van der Waals surface area contributed by atoms with Crippen molar-refractivity contribution in [3.05, 3.63) is 31.9 Å². The maximum Gasteiger partial charge on any atom is 0.282 e. The molecule has 0 fully saturated rings. The standard InChI is InChI=1S/C8H7BrINO3/c9-3-4-14-6-1-2-8(11(12)13)7(10)5-6/h1-2,5H,3-4H2. The van der Waals surface area contributed by atoms with Gasteiger partial charge in [-0.25, -0.2) is 0 Å². The predicted molar refractivity (Wildman–Crippen MR) is 65.1 cm³/mol. The summed E-state index contributed by atoms with van der Waals surface area (Å²) in [4.78, 5) is 10.1. The normalized spacial score (nSPS) is 9.86. The molecular formula is C8H7BrINO3. The summed E-state index contributed by atoms with van der Waals surface area (Å²) < 4.78 is 5.88. The van der Waals surface area contributed by atoms with Gasteiger partial charge >= 0.3 is 0 Å². The topological polar surface area (TPSA) is 52.4 Å². The van der Waals surface area contributed by atoms with Crippen molar-refractivity contribution in [2.75, 3.05) is 11.9 Å². The lowest BCUT2D eigenvalue weighted by atomic mass is 10.3. The Morgan fingerprint density at radius 2 is 2.29 bits per heavy atom. The molecule has 0 saturated carbocycles. The van der Waals surface area contributed by atoms with Gasteiger partial charge in [-0.15, -0.1) is 0 Å². The number of ether oxygens (including phenoxy) is 1. The van der Waals surface area contributed by atoms with Crippen LogP contribution in [0.2, 0.25) is 0 Å². The molecule has 4 nitrogen and oxygen atoms in total. The molecule has 0 N–H and O–H groups in total. The average molecular weight is 372 g/mol. The van der Waals surface area contributed by atoms with Crippen molar-refractivity contribution in [2.45, 2.75) is 0 Å². The summed E-state index contributed by atoms with van der Waals surface area (Å²) in [5.74, 6) is 0.652. The summed E-state index contributed by atoms with van der Waals surface area (Å²) in [6.45, 7) is 0.549. The molecule has 0 aliphatic heterocycles. The minimum atomic E-state index is -0.407. The minimum Gasteiger partial charge on any atom is -0.493 e. The van der Waals surface area contributed by atoms with Gasteiger partial charge in [0.1, 0.15) is 5.75 Å². The predicted octanol–water partition coefficient (Wildman–Crippen LogP) is 2.97. The van der Waals surface area contributed by atoms with E-state index in [0.717, 1.165) is 5.33 Å². The molecule has 14 heavy (non-hydrogen) atoms. The van der Waals surface area contributed by atoms with Gasteiger partial charge in [0.25, 0.3) is 5.69 Å². The van der Waals surface area contributed by atoms with E-state index >= 15 is 0 Å². The van der Waals surface area contributed by atoms with Gasteiger partial charge in [-0.3, -0.25) is 10.1 Å². The van der Waals surface area contributed by atoms with Gasteiger partial charge in [0.15, 0.2) is 0 Å². The third-order valence-corrected chi connectivity index (χ3v) is 2.65. The van der Waals surface area contributed by atoms with Crippen LogP contribution in [0.1, 0.15) is 0 Å². The van der Waals surface area contributed by atoms with Gasteiger partial charge in [-0.05, 0) is 28.7 Å². The van der Waals surface area contributed by atoms with Crippen molar-refractivity contribution in [3.8, 4) is 5.75 Å². The largest absolute Gasteiger partial charge is 0.493 e. The third-order valence-electron chi connectivity index (χ3n) is 1.46. The molecule has 0 radical (unpaired) electrons. The zero-order valence-corrected chi connectivity index (χ0v) is 10.8. The Morgan fingerprint density at radius 3 is 2.79 bits per heavy atom. The Bertz CT molecular complexity index is 345. The van der Waals surface area contributed by atoms with E-state index in [9.17, 15) is 10.1 Å². The smallest absolute Gasteiger partial charge is 0.282 e. The van der Waals surface area contributed by atoms with Crippen molar-refractivity contribution in [2.24, 2.45) is 0 Å². The number of hydrogen-bond donors (Lipinski definition) is 0. The van der Waals surface area contributed by atoms with Crippen molar-refractivity contribution in [1.29, 1.82) is 0 Å². The van der Waals surface area contributed by atoms with Crippen molar-refractivity contribution >= 4 is 44.2 Å². The van der Waals surface area contributed by atoms with Crippen LogP contribution < -0.4 is 4.74 Å². The highest BCUT2D eigenvalue weighted by Gasteiger charge is 2.11. The maximum atomic E-state index is 10.5. The van der Waals surface area contributed by atoms with E-state index in [0.29, 0.717) is 15.9 Å². The van der Waals surface area contributed by atoms with Crippen LogP contribution in [0.4, 0.5) is 5.69 Å². The van der Waals surface area contributed by atoms with Crippen LogP contribution in [-0.2, 0) is 0 Å². The molecule has 1 aromatic carbocycles. The summed E-state index contributed by atoms with van der Waals surface area (Å²) in [6.07, 6.45) is 0. The van der Waals surface area contributed by atoms with Gasteiger partial charge in [-0.1, -0.05) is 15.9 Å². The second kappa shape index (κ2) is 5.50. The molecule has 76 valence electrons. The van der Waals surface area contributed by atoms with E-state index in [4.69, 9.17) is 4.74 Å². The molecule has 0 saturated heterocycles. The molecule has 0 aromatic heterocycles. The second-order valence-electron chi connectivity index (χ2n) is 2.41. The lowest BCUT2D eigenvalue weighted by molar-refractivity contribution is -0.385. The molecule has 0 aliphatic rings. The number of halogens is 2. The van der Waals surface area contributed by atoms with E-state index in [1.54, 1.807) is 12.1 Å². The molecule has 1 rings (SSSR count). The zero-order chi connectivity index (χ0) is 10.6. The van der Waals surface area contributed by atoms with Gasteiger partial charge in [-0.2, -0.15) is 0 Å². The fourth-order valence-electron chi connectivity index (χ4n) is 0.882. The zero-order valence-electron chi connectivity index (χ0n) is 7.07. The molecule has 1 aromatic rings. The van der Waals surface area contributed by atoms with E-state index in [2.05, 4.69) is 15.9 Å². The first-order chi connectivity index (χ1) is 6.65. The van der Waals surface area contributed by atoms with Crippen LogP contribution in [0.3, 0.4) is 0 Å². The number of rotatable bonds is 4. The van der Waals surface area contributed by atoms with Crippen LogP contribution in [0.15, 0.2) is 18.2 Å². The first-order valence-electron chi connectivity index (χ1n) is 3.78. The van der Waals surface area contributed by atoms with Crippen LogP contribution in [-0.4, -0.2) is 16.9 Å². The Hall–Kier alpha value is -0.370. The van der Waals surface area contributed by atoms with Crippen LogP contribution in [0.5, 0.6) is 5.75 Å². The Labute approximate surface area is 103 Å². The third kappa shape index (κ3) is 3.09. The highest BCUT2D eigenvalue weighted by atomic mass is 127. The van der Waals surface area contributed by atoms with Gasteiger partial charge < -0.3 is 4.74 Å². The van der Waals surface area contributed by atoms with E-state index in [-0.39, 0.29) is 5.69 Å². The molecule has 0 spiro atoms. The molecule has 6 heteroatoms. The Balaban J connectivity index is 2.83. The molecule has 0 aliphatic carbocycles. The first-order valence-corrected chi connectivity index (χ1v) is 5.98. The number of alkyl halides is 1. The molecule has 0 atom stereocenters. The fourth-order valence-corrected chi connectivity index (χ4v) is 1.73. The van der Waals surface area contributed by atoms with Crippen molar-refractivity contribution in [3.63, 3.8) is 0 Å². The van der Waals surface area contributed by atoms with Crippen molar-refractivity contribution < 1.29 is 9.66 Å². The number of benzene rings is 1. The van der Waals surface area contributed by atoms with Gasteiger partial charge in [0.2, 0.25) is 0 Å². The molecular weight excluding hydrogens is 365 g/mol. The monoisotopic (exact) mass is 371 g/mol. The second-order valence-corrected chi connectivity index (χ2v) is 4.36. The molecule has 0 unspecified atom stereocenters. The Kier molecular flexibility index (Phi) is 4.59. The number of nitrogens with zero attached hydrogens (tertiary/aromatic N) is 1. The fraction of sp³-hybridized carbons (Fsp3) is 0.250. The van der Waals surface area contributed by atoms with Crippen LogP contribution in [0.25, 0.3) is 0 Å². The summed E-state index contributed by atoms with van der Waals surface area (Å²) in [7, 11) is 0. The Morgan fingerprint density at radius 1 is 1.57 bits per heavy atom. The number of nitro groups is 1. The first kappa shape index (κ1) is 11.7. The van der Waals surface area contributed by atoms with E-state index < -0.39 is 4.92 Å². The maximum absolute atomic E-state index is 10.5. The summed E-state index contributed by atoms with van der Waals surface area (Å²) >= 11 is 5.15. The van der Waals surface area contributed by atoms with E-state index in [1.807, 2.05) is 22.6 Å². The van der Waals surface area contributed by atoms with Gasteiger partial charge in [0.05, 0.1) is 15.1 Å². The van der Waals surface area contributed by atoms with Crippen LogP contribution in [0, 0.1) is 13.7 Å². The lowest BCUT2D eigenvalue weighted by Crippen LogP contribution is -1.99. The van der Waals surface area contributed by atoms with Gasteiger partial charge in [0, 0.05) is 17.5 Å². The highest BCUT2D eigenvalue weighted by Crippen LogP contribution is 2.25. The molecule has 0 amide bonds. The average Bonchev–Trinajstić information content (AvgIpc) is 2.14. The number of nitro benzene ring substituents is 1. The highest BCUT2D eigenvalue weighted by molar-refractivity contribution is 14.1. The molecule has 0 heterocycles. The van der Waals surface area contributed by atoms with Crippen LogP contribution >= 0.6 is 38.5 Å². The summed E-state index contributed by atoms with van der Waals surface area (Å²) in [5.41, 5.74) is 0.108. The molecule has 0 bridgehead atoms. The van der Waals surface area contributed by atoms with Crippen molar-refractivity contribution in [1.82, 2.24) is 0 Å². The van der Waals surface area contributed by atoms with E-state index in [1.165, 1.54) is 6.07 Å². The summed E-state index contributed by atoms with van der Waals surface area (Å²) in [5, 5.41) is 11.2.